The lowest BCUT2D eigenvalue weighted by atomic mass is 9.98. The van der Waals surface area contributed by atoms with Gasteiger partial charge in [-0.05, 0) is 49.6 Å². The van der Waals surface area contributed by atoms with E-state index >= 15 is 0 Å². The zero-order valence-electron chi connectivity index (χ0n) is 21.4. The summed E-state index contributed by atoms with van der Waals surface area (Å²) in [5.41, 5.74) is -1.34. The molecule has 1 fully saturated rings. The molecule has 0 bridgehead atoms. The number of carbonyl (C=O) groups is 1. The van der Waals surface area contributed by atoms with Crippen molar-refractivity contribution in [2.75, 3.05) is 38.2 Å². The van der Waals surface area contributed by atoms with Crippen molar-refractivity contribution in [2.24, 2.45) is 0 Å². The molecule has 3 rings (SSSR count). The molecule has 0 atom stereocenters. The normalized spacial score (nSPS) is 14.7. The van der Waals surface area contributed by atoms with Gasteiger partial charge in [-0.25, -0.2) is 8.42 Å². The third kappa shape index (κ3) is 7.76. The fourth-order valence-corrected chi connectivity index (χ4v) is 5.65. The molecule has 1 aliphatic carbocycles. The number of anilines is 1. The Balaban J connectivity index is 1.78. The number of hydrogen-bond donors (Lipinski definition) is 1. The second-order valence-electron chi connectivity index (χ2n) is 8.91. The molecule has 0 spiro atoms. The molecule has 8 nitrogen and oxygen atoms in total. The number of rotatable bonds is 12. The molecule has 12 heteroatoms. The van der Waals surface area contributed by atoms with E-state index < -0.39 is 34.2 Å². The fraction of sp³-hybridized carbons (Fsp3) is 0.500. The summed E-state index contributed by atoms with van der Waals surface area (Å²) < 4.78 is 84.1. The maximum Gasteiger partial charge on any atom is 0.416 e. The first-order chi connectivity index (χ1) is 18.1. The van der Waals surface area contributed by atoms with Gasteiger partial charge in [-0.15, -0.1) is 0 Å². The van der Waals surface area contributed by atoms with E-state index in [0.29, 0.717) is 23.4 Å². The van der Waals surface area contributed by atoms with Gasteiger partial charge in [0.15, 0.2) is 11.5 Å². The van der Waals surface area contributed by atoms with E-state index in [1.807, 2.05) is 0 Å². The van der Waals surface area contributed by atoms with Crippen molar-refractivity contribution in [1.82, 2.24) is 5.32 Å². The van der Waals surface area contributed by atoms with Crippen LogP contribution in [0.15, 0.2) is 47.4 Å². The molecule has 0 saturated heterocycles. The summed E-state index contributed by atoms with van der Waals surface area (Å²) in [6.07, 6.45) is 1.58. The van der Waals surface area contributed by atoms with Crippen LogP contribution in [-0.4, -0.2) is 54.3 Å². The lowest BCUT2D eigenvalue weighted by Crippen LogP contribution is -2.41. The van der Waals surface area contributed by atoms with Crippen molar-refractivity contribution in [3.63, 3.8) is 0 Å². The van der Waals surface area contributed by atoms with Crippen LogP contribution in [0.5, 0.6) is 11.5 Å². The van der Waals surface area contributed by atoms with E-state index in [1.165, 1.54) is 44.9 Å². The summed E-state index contributed by atoms with van der Waals surface area (Å²) in [4.78, 5) is 12.5. The number of hydrogen-bond acceptors (Lipinski definition) is 6. The summed E-state index contributed by atoms with van der Waals surface area (Å²) in [5, 5.41) is 2.64. The number of halogens is 3. The number of carbonyl (C=O) groups excluding carboxylic acids is 1. The summed E-state index contributed by atoms with van der Waals surface area (Å²) in [7, 11) is -1.77. The van der Waals surface area contributed by atoms with Crippen molar-refractivity contribution >= 4 is 21.6 Å². The van der Waals surface area contributed by atoms with E-state index in [9.17, 15) is 26.4 Å². The van der Waals surface area contributed by atoms with Crippen molar-refractivity contribution in [3.8, 4) is 11.5 Å². The molecule has 0 radical (unpaired) electrons. The fourth-order valence-electron chi connectivity index (χ4n) is 4.22. The minimum absolute atomic E-state index is 0.111. The number of nitrogens with one attached hydrogen (secondary N) is 1. The number of benzene rings is 2. The Morgan fingerprint density at radius 2 is 1.74 bits per heavy atom. The van der Waals surface area contributed by atoms with Gasteiger partial charge in [-0.2, -0.15) is 13.2 Å². The van der Waals surface area contributed by atoms with Crippen molar-refractivity contribution in [1.29, 1.82) is 0 Å². The minimum atomic E-state index is -4.70. The second-order valence-corrected chi connectivity index (χ2v) is 10.8. The van der Waals surface area contributed by atoms with Crippen LogP contribution in [0.25, 0.3) is 0 Å². The van der Waals surface area contributed by atoms with Crippen LogP contribution in [0.1, 0.15) is 44.1 Å². The number of amides is 1. The average molecular weight is 559 g/mol. The first kappa shape index (κ1) is 29.6. The largest absolute Gasteiger partial charge is 0.493 e. The summed E-state index contributed by atoms with van der Waals surface area (Å²) >= 11 is 0. The highest BCUT2D eigenvalue weighted by atomic mass is 32.2. The zero-order chi connectivity index (χ0) is 27.8. The van der Waals surface area contributed by atoms with E-state index in [-0.39, 0.29) is 34.7 Å². The van der Waals surface area contributed by atoms with Crippen molar-refractivity contribution in [2.45, 2.75) is 55.7 Å². The first-order valence-corrected chi connectivity index (χ1v) is 13.8. The summed E-state index contributed by atoms with van der Waals surface area (Å²) in [5.74, 6) is -0.283. The first-order valence-electron chi connectivity index (χ1n) is 12.4. The molecular formula is C26H33F3N2O6S. The lowest BCUT2D eigenvalue weighted by molar-refractivity contribution is -0.137. The number of methoxy groups -OCH3 is 2. The van der Waals surface area contributed by atoms with E-state index in [0.717, 1.165) is 37.8 Å². The maximum absolute atomic E-state index is 13.6. The molecule has 0 unspecified atom stereocenters. The Labute approximate surface area is 221 Å². The molecule has 0 aromatic heterocycles. The predicted octanol–water partition coefficient (Wildman–Crippen LogP) is 4.77. The number of nitrogens with zero attached hydrogens (tertiary/aromatic N) is 1. The number of alkyl halides is 3. The molecule has 1 amide bonds. The van der Waals surface area contributed by atoms with Crippen LogP contribution < -0.4 is 19.1 Å². The predicted molar refractivity (Wildman–Crippen MR) is 136 cm³/mol. The molecule has 0 aliphatic heterocycles. The molecule has 1 N–H and O–H groups in total. The van der Waals surface area contributed by atoms with Crippen molar-refractivity contribution in [3.05, 3.63) is 48.0 Å². The third-order valence-corrected chi connectivity index (χ3v) is 8.01. The van der Waals surface area contributed by atoms with Gasteiger partial charge in [0.25, 0.3) is 10.0 Å². The van der Waals surface area contributed by atoms with Crippen LogP contribution in [0, 0.1) is 0 Å². The Morgan fingerprint density at radius 1 is 1.03 bits per heavy atom. The zero-order valence-corrected chi connectivity index (χ0v) is 22.2. The second kappa shape index (κ2) is 13.2. The van der Waals surface area contributed by atoms with Crippen LogP contribution >= 0.6 is 0 Å². The van der Waals surface area contributed by atoms with Gasteiger partial charge < -0.3 is 19.5 Å². The molecular weight excluding hydrogens is 525 g/mol. The maximum atomic E-state index is 13.6. The molecule has 1 aliphatic rings. The Bertz CT molecular complexity index is 1180. The van der Waals surface area contributed by atoms with Gasteiger partial charge in [-0.3, -0.25) is 9.10 Å². The highest BCUT2D eigenvalue weighted by Gasteiger charge is 2.33. The van der Waals surface area contributed by atoms with Gasteiger partial charge in [0.05, 0.1) is 36.5 Å². The highest BCUT2D eigenvalue weighted by Crippen LogP contribution is 2.35. The van der Waals surface area contributed by atoms with Gasteiger partial charge in [-0.1, -0.05) is 25.3 Å². The van der Waals surface area contributed by atoms with Gasteiger partial charge in [0, 0.05) is 19.2 Å². The van der Waals surface area contributed by atoms with Crippen LogP contribution in [0.3, 0.4) is 0 Å². The highest BCUT2D eigenvalue weighted by molar-refractivity contribution is 7.92. The number of sulfonamides is 1. The molecule has 0 heterocycles. The molecule has 210 valence electrons. The van der Waals surface area contributed by atoms with E-state index in [2.05, 4.69) is 5.32 Å². The lowest BCUT2D eigenvalue weighted by Gasteiger charge is -2.25. The van der Waals surface area contributed by atoms with E-state index in [1.54, 1.807) is 0 Å². The van der Waals surface area contributed by atoms with Crippen molar-refractivity contribution < 1.29 is 40.6 Å². The average Bonchev–Trinajstić information content (AvgIpc) is 2.91. The summed E-state index contributed by atoms with van der Waals surface area (Å²) in [6, 6.07) is 7.62. The minimum Gasteiger partial charge on any atom is -0.493 e. The monoisotopic (exact) mass is 558 g/mol. The number of ether oxygens (including phenoxy) is 3. The quantitative estimate of drug-likeness (QED) is 0.377. The van der Waals surface area contributed by atoms with Crippen LogP contribution in [-0.2, 0) is 25.7 Å². The van der Waals surface area contributed by atoms with Gasteiger partial charge in [0.1, 0.15) is 6.54 Å². The van der Waals surface area contributed by atoms with Gasteiger partial charge >= 0.3 is 6.18 Å². The molecule has 38 heavy (non-hydrogen) atoms. The molecule has 2 aromatic carbocycles. The standard InChI is InChI=1S/C26H33F3N2O6S/c1-35-23-13-12-22(17-24(23)36-2)38(33,34)31(20-9-6-8-19(16-20)26(27,28)29)18-25(32)30-14-7-15-37-21-10-4-3-5-11-21/h6,8-9,12-13,16-17,21H,3-5,7,10-11,14-15,18H2,1-2H3,(H,30,32). The smallest absolute Gasteiger partial charge is 0.416 e. The Morgan fingerprint density at radius 3 is 2.39 bits per heavy atom. The molecule has 1 saturated carbocycles. The Hall–Kier alpha value is -2.99. The van der Waals surface area contributed by atoms with Gasteiger partial charge in [0.2, 0.25) is 5.91 Å². The Kier molecular flexibility index (Phi) is 10.3. The SMILES string of the molecule is COc1ccc(S(=O)(=O)N(CC(=O)NCCCOC2CCCCC2)c2cccc(C(F)(F)F)c2)cc1OC. The summed E-state index contributed by atoms with van der Waals surface area (Å²) in [6.45, 7) is -0.0356. The molecule has 2 aromatic rings. The van der Waals surface area contributed by atoms with Crippen LogP contribution in [0.2, 0.25) is 0 Å². The topological polar surface area (TPSA) is 94.2 Å². The third-order valence-electron chi connectivity index (χ3n) is 6.24. The van der Waals surface area contributed by atoms with E-state index in [4.69, 9.17) is 14.2 Å². The van der Waals surface area contributed by atoms with Crippen LogP contribution in [0.4, 0.5) is 18.9 Å².